The van der Waals surface area contributed by atoms with Crippen molar-refractivity contribution in [3.8, 4) is 11.3 Å². The first-order chi connectivity index (χ1) is 14.7. The zero-order valence-electron chi connectivity index (χ0n) is 17.5. The van der Waals surface area contributed by atoms with Gasteiger partial charge in [0.1, 0.15) is 5.69 Å². The van der Waals surface area contributed by atoms with Crippen molar-refractivity contribution < 1.29 is 4.79 Å². The van der Waals surface area contributed by atoms with Crippen molar-refractivity contribution in [3.63, 3.8) is 0 Å². The topological polar surface area (TPSA) is 89.1 Å². The summed E-state index contributed by atoms with van der Waals surface area (Å²) in [5.41, 5.74) is 8.47. The number of nitrogens with zero attached hydrogens (tertiary/aromatic N) is 4. The predicted molar refractivity (Wildman–Crippen MR) is 116 cm³/mol. The van der Waals surface area contributed by atoms with Crippen molar-refractivity contribution in [2.24, 2.45) is 11.8 Å². The molecule has 1 amide bonds. The van der Waals surface area contributed by atoms with E-state index in [1.54, 1.807) is 0 Å². The summed E-state index contributed by atoms with van der Waals surface area (Å²) < 4.78 is 1.95. The highest BCUT2D eigenvalue weighted by Gasteiger charge is 2.43. The predicted octanol–water partition coefficient (Wildman–Crippen LogP) is 2.69. The minimum atomic E-state index is 0.149. The first-order valence-electron chi connectivity index (χ1n) is 11.5. The molecule has 4 aliphatic rings. The number of hydrogen-bond acceptors (Lipinski definition) is 5. The van der Waals surface area contributed by atoms with Crippen LogP contribution in [0, 0.1) is 11.8 Å². The summed E-state index contributed by atoms with van der Waals surface area (Å²) in [5.74, 6) is 0.927. The van der Waals surface area contributed by atoms with E-state index in [1.165, 1.54) is 19.3 Å². The molecule has 1 saturated carbocycles. The Kier molecular flexibility index (Phi) is 5.46. The molecule has 160 valence electrons. The lowest BCUT2D eigenvalue weighted by Gasteiger charge is -2.49. The van der Waals surface area contributed by atoms with Gasteiger partial charge < -0.3 is 11.1 Å². The van der Waals surface area contributed by atoms with E-state index < -0.39 is 0 Å². The fourth-order valence-electron chi connectivity index (χ4n) is 5.61. The van der Waals surface area contributed by atoms with Gasteiger partial charge in [0, 0.05) is 29.9 Å². The van der Waals surface area contributed by atoms with Crippen LogP contribution in [-0.4, -0.2) is 51.0 Å². The van der Waals surface area contributed by atoms with Gasteiger partial charge in [-0.15, -0.1) is 5.10 Å². The fourth-order valence-corrected chi connectivity index (χ4v) is 5.61. The van der Waals surface area contributed by atoms with Crippen molar-refractivity contribution >= 4 is 11.6 Å². The molecule has 1 aromatic carbocycles. The number of benzene rings is 1. The van der Waals surface area contributed by atoms with Gasteiger partial charge in [0.15, 0.2) is 0 Å². The molecule has 0 spiro atoms. The van der Waals surface area contributed by atoms with Crippen LogP contribution in [0.4, 0.5) is 5.69 Å². The van der Waals surface area contributed by atoms with Gasteiger partial charge in [-0.25, -0.2) is 0 Å². The zero-order valence-corrected chi connectivity index (χ0v) is 17.5. The number of piperidine rings is 3. The van der Waals surface area contributed by atoms with Gasteiger partial charge in [0.05, 0.1) is 18.7 Å². The van der Waals surface area contributed by atoms with E-state index >= 15 is 0 Å². The Labute approximate surface area is 178 Å². The lowest BCUT2D eigenvalue weighted by atomic mass is 9.75. The minimum absolute atomic E-state index is 0.149. The minimum Gasteiger partial charge on any atom is -0.399 e. The number of carbonyl (C=O) groups excluding carboxylic acids is 1. The van der Waals surface area contributed by atoms with Crippen molar-refractivity contribution in [2.45, 2.75) is 63.6 Å². The van der Waals surface area contributed by atoms with Gasteiger partial charge in [0.25, 0.3) is 0 Å². The maximum atomic E-state index is 12.9. The van der Waals surface area contributed by atoms with Gasteiger partial charge in [-0.2, -0.15) is 0 Å². The number of carbonyl (C=O) groups is 1. The lowest BCUT2D eigenvalue weighted by Crippen LogP contribution is -2.58. The molecular weight excluding hydrogens is 376 g/mol. The van der Waals surface area contributed by atoms with E-state index in [-0.39, 0.29) is 5.92 Å². The second-order valence-electron chi connectivity index (χ2n) is 9.33. The molecule has 3 N–H and O–H groups in total. The third-order valence-electron chi connectivity index (χ3n) is 7.29. The SMILES string of the molecule is Nc1cccc(-c2cn(C[C@H]3C[C@@H]4CCN3C[C@@H]4C(=O)NC3CCCCC3)nn2)c1. The van der Waals surface area contributed by atoms with Gasteiger partial charge in [0.2, 0.25) is 5.91 Å². The van der Waals surface area contributed by atoms with E-state index in [0.717, 1.165) is 62.3 Å². The Bertz CT molecular complexity index is 889. The largest absolute Gasteiger partial charge is 0.399 e. The number of nitrogens with two attached hydrogens (primary N) is 1. The third-order valence-corrected chi connectivity index (χ3v) is 7.29. The second kappa shape index (κ2) is 8.38. The van der Waals surface area contributed by atoms with Gasteiger partial charge in [-0.1, -0.05) is 36.6 Å². The van der Waals surface area contributed by atoms with Gasteiger partial charge in [-0.05, 0) is 50.3 Å². The highest BCUT2D eigenvalue weighted by atomic mass is 16.2. The van der Waals surface area contributed by atoms with Gasteiger partial charge >= 0.3 is 0 Å². The van der Waals surface area contributed by atoms with Crippen LogP contribution < -0.4 is 11.1 Å². The molecule has 7 nitrogen and oxygen atoms in total. The van der Waals surface area contributed by atoms with Crippen LogP contribution in [0.1, 0.15) is 44.9 Å². The molecule has 1 aliphatic carbocycles. The first-order valence-corrected chi connectivity index (χ1v) is 11.5. The quantitative estimate of drug-likeness (QED) is 0.743. The highest BCUT2D eigenvalue weighted by Crippen LogP contribution is 2.37. The van der Waals surface area contributed by atoms with E-state index in [1.807, 2.05) is 35.1 Å². The lowest BCUT2D eigenvalue weighted by molar-refractivity contribution is -0.134. The Hall–Kier alpha value is -2.41. The third kappa shape index (κ3) is 4.08. The van der Waals surface area contributed by atoms with Crippen LogP contribution in [-0.2, 0) is 11.3 Å². The van der Waals surface area contributed by atoms with Crippen molar-refractivity contribution in [2.75, 3.05) is 18.8 Å². The number of fused-ring (bicyclic) bond motifs is 3. The van der Waals surface area contributed by atoms with E-state index in [4.69, 9.17) is 5.73 Å². The molecule has 7 heteroatoms. The smallest absolute Gasteiger partial charge is 0.224 e. The summed E-state index contributed by atoms with van der Waals surface area (Å²) in [4.78, 5) is 15.4. The standard InChI is InChI=1S/C23H32N6O/c24-18-6-4-5-17(11-18)22-15-29(27-26-22)13-20-12-16-9-10-28(20)14-21(16)23(30)25-19-7-2-1-3-8-19/h4-6,11,15-16,19-21H,1-3,7-10,12-14,24H2,(H,25,30)/t16-,20+,21-/m0/s1. The average Bonchev–Trinajstić information content (AvgIpc) is 3.23. The Morgan fingerprint density at radius 2 is 2.07 bits per heavy atom. The summed E-state index contributed by atoms with van der Waals surface area (Å²) >= 11 is 0. The Balaban J connectivity index is 1.20. The van der Waals surface area contributed by atoms with Crippen molar-refractivity contribution in [1.29, 1.82) is 0 Å². The summed E-state index contributed by atoms with van der Waals surface area (Å²) in [6, 6.07) is 8.58. The normalized spacial score (nSPS) is 29.1. The molecule has 2 aromatic rings. The van der Waals surface area contributed by atoms with Crippen molar-refractivity contribution in [3.05, 3.63) is 30.5 Å². The Morgan fingerprint density at radius 1 is 1.20 bits per heavy atom. The molecule has 0 radical (unpaired) electrons. The van der Waals surface area contributed by atoms with Crippen LogP contribution in [0.3, 0.4) is 0 Å². The molecule has 4 fully saturated rings. The summed E-state index contributed by atoms with van der Waals surface area (Å²) in [6.07, 6.45) is 10.3. The first kappa shape index (κ1) is 19.5. The highest BCUT2D eigenvalue weighted by molar-refractivity contribution is 5.79. The van der Waals surface area contributed by atoms with Crippen LogP contribution >= 0.6 is 0 Å². The number of nitrogens with one attached hydrogen (secondary N) is 1. The molecular formula is C23H32N6O. The molecule has 1 unspecified atom stereocenters. The van der Waals surface area contributed by atoms with Crippen LogP contribution in [0.2, 0.25) is 0 Å². The van der Waals surface area contributed by atoms with E-state index in [2.05, 4.69) is 20.5 Å². The molecule has 1 aromatic heterocycles. The number of hydrogen-bond donors (Lipinski definition) is 2. The average molecular weight is 409 g/mol. The van der Waals surface area contributed by atoms with Crippen LogP contribution in [0.5, 0.6) is 0 Å². The monoisotopic (exact) mass is 408 g/mol. The van der Waals surface area contributed by atoms with Crippen molar-refractivity contribution in [1.82, 2.24) is 25.2 Å². The number of anilines is 1. The van der Waals surface area contributed by atoms with Crippen LogP contribution in [0.15, 0.2) is 30.5 Å². The molecule has 4 heterocycles. The number of aromatic nitrogens is 3. The fraction of sp³-hybridized carbons (Fsp3) is 0.609. The molecule has 3 aliphatic heterocycles. The molecule has 6 rings (SSSR count). The summed E-state index contributed by atoms with van der Waals surface area (Å²) in [5, 5.41) is 12.1. The molecule has 4 atom stereocenters. The van der Waals surface area contributed by atoms with Crippen LogP contribution in [0.25, 0.3) is 11.3 Å². The second-order valence-corrected chi connectivity index (χ2v) is 9.33. The summed E-state index contributed by atoms with van der Waals surface area (Å²) in [7, 11) is 0. The maximum Gasteiger partial charge on any atom is 0.224 e. The molecule has 2 bridgehead atoms. The van der Waals surface area contributed by atoms with Gasteiger partial charge in [-0.3, -0.25) is 14.4 Å². The number of nitrogen functional groups attached to an aromatic ring is 1. The van der Waals surface area contributed by atoms with E-state index in [0.29, 0.717) is 23.9 Å². The number of rotatable bonds is 5. The summed E-state index contributed by atoms with van der Waals surface area (Å²) in [6.45, 7) is 2.78. The van der Waals surface area contributed by atoms with E-state index in [9.17, 15) is 4.79 Å². The molecule has 30 heavy (non-hydrogen) atoms. The molecule has 3 saturated heterocycles. The number of amides is 1. The Morgan fingerprint density at radius 3 is 2.83 bits per heavy atom. The zero-order chi connectivity index (χ0) is 20.5. The maximum absolute atomic E-state index is 12.9.